The van der Waals surface area contributed by atoms with E-state index in [2.05, 4.69) is 10.3 Å². The van der Waals surface area contributed by atoms with Crippen molar-refractivity contribution in [1.82, 2.24) is 9.55 Å². The fourth-order valence-electron chi connectivity index (χ4n) is 2.49. The van der Waals surface area contributed by atoms with Gasteiger partial charge >= 0.3 is 18.1 Å². The van der Waals surface area contributed by atoms with Gasteiger partial charge in [0.15, 0.2) is 17.3 Å². The predicted molar refractivity (Wildman–Crippen MR) is 99.4 cm³/mol. The highest BCUT2D eigenvalue weighted by Crippen LogP contribution is 2.33. The zero-order valence-corrected chi connectivity index (χ0v) is 15.9. The zero-order chi connectivity index (χ0) is 23.0. The summed E-state index contributed by atoms with van der Waals surface area (Å²) in [6.45, 7) is 1.11. The minimum Gasteiger partial charge on any atom is -0.486 e. The summed E-state index contributed by atoms with van der Waals surface area (Å²) in [6.07, 6.45) is -1.73. The first kappa shape index (κ1) is 23.5. The molecule has 13 heteroatoms. The molecule has 0 amide bonds. The van der Waals surface area contributed by atoms with Crippen LogP contribution < -0.4 is 20.3 Å². The molecule has 0 spiro atoms. The molecule has 1 aliphatic heterocycles. The van der Waals surface area contributed by atoms with Crippen LogP contribution >= 0.6 is 0 Å². The first-order chi connectivity index (χ1) is 14.6. The normalized spacial score (nSPS) is 12.4. The molecule has 1 aromatic heterocycles. The summed E-state index contributed by atoms with van der Waals surface area (Å²) < 4.78 is 44.0. The van der Waals surface area contributed by atoms with Gasteiger partial charge < -0.3 is 25.0 Å². The van der Waals surface area contributed by atoms with Gasteiger partial charge in [0.25, 0.3) is 5.56 Å². The standard InChI is InChI=1S/C16H17N3O5.C2HF3O2/c20-13(21)10-19-7-6-18-15(16(19)22)17-5-4-11-2-1-3-12-14(11)24-9-8-23-12;3-2(4,5)1(6)7/h1-3,6-7H,4-5,8-10H2,(H,17,18)(H,20,21);(H,6,7). The molecule has 3 rings (SSSR count). The summed E-state index contributed by atoms with van der Waals surface area (Å²) >= 11 is 0. The summed E-state index contributed by atoms with van der Waals surface area (Å²) in [5, 5.41) is 18.9. The monoisotopic (exact) mass is 445 g/mol. The second-order valence-electron chi connectivity index (χ2n) is 6.02. The Balaban J connectivity index is 0.000000423. The molecule has 0 aliphatic carbocycles. The van der Waals surface area contributed by atoms with Crippen molar-refractivity contribution in [3.05, 3.63) is 46.5 Å². The van der Waals surface area contributed by atoms with Gasteiger partial charge in [0.1, 0.15) is 19.8 Å². The highest BCUT2D eigenvalue weighted by atomic mass is 19.4. The van der Waals surface area contributed by atoms with E-state index >= 15 is 0 Å². The lowest BCUT2D eigenvalue weighted by Gasteiger charge is -2.21. The number of nitrogens with zero attached hydrogens (tertiary/aromatic N) is 2. The van der Waals surface area contributed by atoms with Gasteiger partial charge in [0, 0.05) is 18.9 Å². The number of halogens is 3. The van der Waals surface area contributed by atoms with Crippen molar-refractivity contribution in [2.24, 2.45) is 0 Å². The van der Waals surface area contributed by atoms with E-state index in [0.29, 0.717) is 26.2 Å². The van der Waals surface area contributed by atoms with Crippen LogP contribution in [0.1, 0.15) is 5.56 Å². The number of ether oxygens (including phenoxy) is 2. The highest BCUT2D eigenvalue weighted by Gasteiger charge is 2.38. The van der Waals surface area contributed by atoms with Gasteiger partial charge in [-0.1, -0.05) is 12.1 Å². The average Bonchev–Trinajstić information content (AvgIpc) is 2.70. The third-order valence-electron chi connectivity index (χ3n) is 3.80. The van der Waals surface area contributed by atoms with E-state index in [1.54, 1.807) is 0 Å². The number of hydrogen-bond acceptors (Lipinski definition) is 7. The number of rotatable bonds is 6. The Kier molecular flexibility index (Phi) is 7.82. The third kappa shape index (κ3) is 6.90. The molecular formula is C18H18F3N3O7. The van der Waals surface area contributed by atoms with Crippen LogP contribution in [-0.4, -0.2) is 57.6 Å². The molecule has 1 aliphatic rings. The number of hydrogen-bond donors (Lipinski definition) is 3. The van der Waals surface area contributed by atoms with Gasteiger partial charge in [-0.05, 0) is 18.1 Å². The highest BCUT2D eigenvalue weighted by molar-refractivity contribution is 5.73. The molecule has 168 valence electrons. The first-order valence-corrected chi connectivity index (χ1v) is 8.78. The van der Waals surface area contributed by atoms with Gasteiger partial charge in [0.05, 0.1) is 0 Å². The largest absolute Gasteiger partial charge is 0.490 e. The Bertz CT molecular complexity index is 992. The van der Waals surface area contributed by atoms with Crippen LogP contribution in [0.2, 0.25) is 0 Å². The van der Waals surface area contributed by atoms with Crippen LogP contribution in [0.15, 0.2) is 35.4 Å². The first-order valence-electron chi connectivity index (χ1n) is 8.78. The topological polar surface area (TPSA) is 140 Å². The number of para-hydroxylation sites is 1. The van der Waals surface area contributed by atoms with E-state index < -0.39 is 30.2 Å². The maximum atomic E-state index is 12.1. The molecule has 2 heterocycles. The molecule has 0 unspecified atom stereocenters. The van der Waals surface area contributed by atoms with E-state index in [-0.39, 0.29) is 5.82 Å². The number of aromatic nitrogens is 2. The van der Waals surface area contributed by atoms with Crippen molar-refractivity contribution in [2.75, 3.05) is 25.1 Å². The van der Waals surface area contributed by atoms with Crippen LogP contribution in [-0.2, 0) is 22.6 Å². The lowest BCUT2D eigenvalue weighted by molar-refractivity contribution is -0.192. The maximum absolute atomic E-state index is 12.1. The number of nitrogens with one attached hydrogen (secondary N) is 1. The Labute approximate surface area is 172 Å². The molecule has 0 radical (unpaired) electrons. The fraction of sp³-hybridized carbons (Fsp3) is 0.333. The molecule has 0 bridgehead atoms. The van der Waals surface area contributed by atoms with Crippen molar-refractivity contribution in [2.45, 2.75) is 19.1 Å². The molecule has 1 aromatic carbocycles. The van der Waals surface area contributed by atoms with Crippen molar-refractivity contribution in [3.8, 4) is 11.5 Å². The Morgan fingerprint density at radius 3 is 2.52 bits per heavy atom. The Hall–Kier alpha value is -3.77. The van der Waals surface area contributed by atoms with Gasteiger partial charge in [-0.15, -0.1) is 0 Å². The van der Waals surface area contributed by atoms with Crippen LogP contribution in [0.25, 0.3) is 0 Å². The number of fused-ring (bicyclic) bond motifs is 1. The molecule has 2 aromatic rings. The third-order valence-corrected chi connectivity index (χ3v) is 3.80. The van der Waals surface area contributed by atoms with Gasteiger partial charge in [-0.3, -0.25) is 14.2 Å². The quantitative estimate of drug-likeness (QED) is 0.602. The van der Waals surface area contributed by atoms with E-state index in [1.165, 1.54) is 12.4 Å². The SMILES string of the molecule is O=C(O)C(F)(F)F.O=C(O)Cn1ccnc(NCCc2cccc3c2OCCO3)c1=O. The Morgan fingerprint density at radius 1 is 1.19 bits per heavy atom. The minimum absolute atomic E-state index is 0.126. The van der Waals surface area contributed by atoms with E-state index in [9.17, 15) is 22.8 Å². The average molecular weight is 445 g/mol. The van der Waals surface area contributed by atoms with E-state index in [0.717, 1.165) is 21.6 Å². The summed E-state index contributed by atoms with van der Waals surface area (Å²) in [5.74, 6) is -2.26. The van der Waals surface area contributed by atoms with Crippen molar-refractivity contribution >= 4 is 17.8 Å². The summed E-state index contributed by atoms with van der Waals surface area (Å²) in [7, 11) is 0. The zero-order valence-electron chi connectivity index (χ0n) is 15.9. The summed E-state index contributed by atoms with van der Waals surface area (Å²) in [5.41, 5.74) is 0.510. The molecular weight excluding hydrogens is 427 g/mol. The fourth-order valence-corrected chi connectivity index (χ4v) is 2.49. The number of anilines is 1. The second kappa shape index (κ2) is 10.3. The molecule has 0 saturated heterocycles. The van der Waals surface area contributed by atoms with Crippen molar-refractivity contribution in [1.29, 1.82) is 0 Å². The van der Waals surface area contributed by atoms with Crippen LogP contribution in [0.5, 0.6) is 11.5 Å². The van der Waals surface area contributed by atoms with E-state index in [4.69, 9.17) is 24.5 Å². The summed E-state index contributed by atoms with van der Waals surface area (Å²) in [4.78, 5) is 35.7. The van der Waals surface area contributed by atoms with Gasteiger partial charge in [0.2, 0.25) is 0 Å². The molecule has 31 heavy (non-hydrogen) atoms. The van der Waals surface area contributed by atoms with Gasteiger partial charge in [-0.25, -0.2) is 9.78 Å². The second-order valence-corrected chi connectivity index (χ2v) is 6.02. The number of aliphatic carboxylic acids is 2. The van der Waals surface area contributed by atoms with Crippen LogP contribution in [0.4, 0.5) is 19.0 Å². The summed E-state index contributed by atoms with van der Waals surface area (Å²) in [6, 6.07) is 5.69. The van der Waals surface area contributed by atoms with E-state index in [1.807, 2.05) is 18.2 Å². The molecule has 0 saturated carbocycles. The lowest BCUT2D eigenvalue weighted by atomic mass is 10.1. The maximum Gasteiger partial charge on any atom is 0.490 e. The number of carboxylic acid groups (broad SMARTS) is 2. The molecule has 10 nitrogen and oxygen atoms in total. The van der Waals surface area contributed by atoms with Crippen LogP contribution in [0.3, 0.4) is 0 Å². The lowest BCUT2D eigenvalue weighted by Crippen LogP contribution is -2.27. The molecule has 3 N–H and O–H groups in total. The molecule has 0 atom stereocenters. The van der Waals surface area contributed by atoms with Gasteiger partial charge in [-0.2, -0.15) is 13.2 Å². The van der Waals surface area contributed by atoms with Crippen molar-refractivity contribution in [3.63, 3.8) is 0 Å². The predicted octanol–water partition coefficient (Wildman–Crippen LogP) is 1.39. The Morgan fingerprint density at radius 2 is 1.87 bits per heavy atom. The van der Waals surface area contributed by atoms with Crippen molar-refractivity contribution < 1.29 is 42.4 Å². The molecule has 0 fully saturated rings. The number of benzene rings is 1. The minimum atomic E-state index is -5.08. The smallest absolute Gasteiger partial charge is 0.486 e. The van der Waals surface area contributed by atoms with Crippen LogP contribution in [0, 0.1) is 0 Å². The number of carboxylic acids is 2. The number of alkyl halides is 3. The number of carbonyl (C=O) groups is 2.